The van der Waals surface area contributed by atoms with Crippen LogP contribution >= 0.6 is 0 Å². The molecule has 0 saturated heterocycles. The van der Waals surface area contributed by atoms with E-state index in [9.17, 15) is 0 Å². The predicted molar refractivity (Wildman–Crippen MR) is 83.8 cm³/mol. The van der Waals surface area contributed by atoms with E-state index >= 15 is 0 Å². The van der Waals surface area contributed by atoms with E-state index in [1.54, 1.807) is 0 Å². The van der Waals surface area contributed by atoms with E-state index in [-0.39, 0.29) is 0 Å². The van der Waals surface area contributed by atoms with Gasteiger partial charge in [-0.2, -0.15) is 0 Å². The highest BCUT2D eigenvalue weighted by molar-refractivity contribution is 5.04. The molecule has 0 bridgehead atoms. The van der Waals surface area contributed by atoms with Crippen molar-refractivity contribution in [3.05, 3.63) is 12.2 Å². The third-order valence-electron chi connectivity index (χ3n) is 5.20. The number of allylic oxidation sites excluding steroid dienone is 2. The first-order valence-electron chi connectivity index (χ1n) is 8.44. The lowest BCUT2D eigenvalue weighted by Crippen LogP contribution is -2.25. The normalized spacial score (nSPS) is 35.9. The molecule has 0 amide bonds. The van der Waals surface area contributed by atoms with E-state index in [1.165, 1.54) is 51.4 Å². The molecule has 0 N–H and O–H groups in total. The Kier molecular flexibility index (Phi) is 6.02. The van der Waals surface area contributed by atoms with E-state index in [2.05, 4.69) is 37.8 Å². The summed E-state index contributed by atoms with van der Waals surface area (Å²) in [6, 6.07) is 0. The maximum atomic E-state index is 3.46. The molecule has 0 atom stereocenters. The van der Waals surface area contributed by atoms with Crippen LogP contribution in [0.3, 0.4) is 0 Å². The van der Waals surface area contributed by atoms with Crippen molar-refractivity contribution in [3.8, 4) is 11.8 Å². The SMILES string of the molecule is C/C=C/C1CCC(C2CCC(C#CCC)CC2)CC1. The van der Waals surface area contributed by atoms with Crippen molar-refractivity contribution in [3.63, 3.8) is 0 Å². The zero-order valence-corrected chi connectivity index (χ0v) is 12.8. The molecule has 2 aliphatic rings. The van der Waals surface area contributed by atoms with Gasteiger partial charge in [0.15, 0.2) is 0 Å². The molecule has 2 fully saturated rings. The van der Waals surface area contributed by atoms with Crippen LogP contribution in [0.1, 0.15) is 71.6 Å². The molecule has 2 rings (SSSR count). The molecule has 2 aliphatic carbocycles. The van der Waals surface area contributed by atoms with E-state index in [4.69, 9.17) is 0 Å². The highest BCUT2D eigenvalue weighted by Crippen LogP contribution is 2.41. The molecule has 0 heteroatoms. The lowest BCUT2D eigenvalue weighted by atomic mass is 9.69. The Bertz CT molecular complexity index is 325. The van der Waals surface area contributed by atoms with Crippen LogP contribution in [-0.2, 0) is 0 Å². The Morgan fingerprint density at radius 3 is 2.00 bits per heavy atom. The van der Waals surface area contributed by atoms with Crippen molar-refractivity contribution in [1.29, 1.82) is 0 Å². The van der Waals surface area contributed by atoms with Crippen LogP contribution < -0.4 is 0 Å². The van der Waals surface area contributed by atoms with Crippen LogP contribution in [-0.4, -0.2) is 0 Å². The minimum Gasteiger partial charge on any atom is -0.103 e. The molecule has 0 aromatic heterocycles. The molecule has 0 nitrogen and oxygen atoms in total. The third-order valence-corrected chi connectivity index (χ3v) is 5.20. The fourth-order valence-electron chi connectivity index (χ4n) is 4.06. The Hall–Kier alpha value is -0.700. The summed E-state index contributed by atoms with van der Waals surface area (Å²) in [6.07, 6.45) is 17.1. The molecule has 0 aliphatic heterocycles. The van der Waals surface area contributed by atoms with Crippen molar-refractivity contribution in [2.45, 2.75) is 71.6 Å². The first-order chi connectivity index (χ1) is 9.33. The Morgan fingerprint density at radius 2 is 1.47 bits per heavy atom. The largest absolute Gasteiger partial charge is 0.103 e. The van der Waals surface area contributed by atoms with Crippen molar-refractivity contribution < 1.29 is 0 Å². The second-order valence-electron chi connectivity index (χ2n) is 6.49. The summed E-state index contributed by atoms with van der Waals surface area (Å²) in [5, 5.41) is 0. The fourth-order valence-corrected chi connectivity index (χ4v) is 4.06. The third kappa shape index (κ3) is 4.41. The minimum atomic E-state index is 0.718. The van der Waals surface area contributed by atoms with Crippen molar-refractivity contribution >= 4 is 0 Å². The van der Waals surface area contributed by atoms with E-state index in [0.29, 0.717) is 0 Å². The molecular formula is C19H30. The summed E-state index contributed by atoms with van der Waals surface area (Å²) in [4.78, 5) is 0. The first kappa shape index (κ1) is 14.7. The smallest absolute Gasteiger partial charge is 0.0203 e. The van der Waals surface area contributed by atoms with Gasteiger partial charge in [0.2, 0.25) is 0 Å². The molecule has 0 aromatic carbocycles. The van der Waals surface area contributed by atoms with Gasteiger partial charge in [-0.15, -0.1) is 5.92 Å². The quantitative estimate of drug-likeness (QED) is 0.447. The monoisotopic (exact) mass is 258 g/mol. The highest BCUT2D eigenvalue weighted by Gasteiger charge is 2.29. The summed E-state index contributed by atoms with van der Waals surface area (Å²) in [7, 11) is 0. The highest BCUT2D eigenvalue weighted by atomic mass is 14.3. The standard InChI is InChI=1S/C19H30/c1-3-5-7-17-10-14-19(15-11-17)18-12-8-16(6-4-2)9-13-18/h4,6,16-19H,3,8-15H2,1-2H3/b6-4+. The Balaban J connectivity index is 1.73. The summed E-state index contributed by atoms with van der Waals surface area (Å²) in [5.41, 5.74) is 0. The number of hydrogen-bond donors (Lipinski definition) is 0. The molecule has 0 spiro atoms. The molecule has 106 valence electrons. The average Bonchev–Trinajstić information content (AvgIpc) is 2.47. The Morgan fingerprint density at radius 1 is 0.895 bits per heavy atom. The lowest BCUT2D eigenvalue weighted by molar-refractivity contribution is 0.168. The summed E-state index contributed by atoms with van der Waals surface area (Å²) in [5.74, 6) is 10.4. The summed E-state index contributed by atoms with van der Waals surface area (Å²) in [6.45, 7) is 4.31. The lowest BCUT2D eigenvalue weighted by Gasteiger charge is -2.36. The fraction of sp³-hybridized carbons (Fsp3) is 0.789. The van der Waals surface area contributed by atoms with Crippen LogP contribution in [0.25, 0.3) is 0 Å². The Labute approximate surface area is 120 Å². The van der Waals surface area contributed by atoms with Crippen LogP contribution in [0, 0.1) is 35.5 Å². The van der Waals surface area contributed by atoms with Crippen LogP contribution in [0.5, 0.6) is 0 Å². The minimum absolute atomic E-state index is 0.718. The zero-order chi connectivity index (χ0) is 13.5. The van der Waals surface area contributed by atoms with Crippen LogP contribution in [0.4, 0.5) is 0 Å². The molecule has 0 aromatic rings. The summed E-state index contributed by atoms with van der Waals surface area (Å²) < 4.78 is 0. The molecule has 0 unspecified atom stereocenters. The van der Waals surface area contributed by atoms with E-state index < -0.39 is 0 Å². The second-order valence-corrected chi connectivity index (χ2v) is 6.49. The number of hydrogen-bond acceptors (Lipinski definition) is 0. The van der Waals surface area contributed by atoms with Gasteiger partial charge >= 0.3 is 0 Å². The predicted octanol–water partition coefficient (Wildman–Crippen LogP) is 5.59. The number of rotatable bonds is 2. The van der Waals surface area contributed by atoms with Gasteiger partial charge in [-0.05, 0) is 76.0 Å². The van der Waals surface area contributed by atoms with E-state index in [1.807, 2.05) is 0 Å². The molecule has 0 radical (unpaired) electrons. The van der Waals surface area contributed by atoms with Gasteiger partial charge in [-0.25, -0.2) is 0 Å². The maximum absolute atomic E-state index is 3.46. The summed E-state index contributed by atoms with van der Waals surface area (Å²) >= 11 is 0. The van der Waals surface area contributed by atoms with Gasteiger partial charge in [-0.1, -0.05) is 25.0 Å². The van der Waals surface area contributed by atoms with Crippen LogP contribution in [0.2, 0.25) is 0 Å². The van der Waals surface area contributed by atoms with Gasteiger partial charge in [0.25, 0.3) is 0 Å². The topological polar surface area (TPSA) is 0 Å². The van der Waals surface area contributed by atoms with Crippen LogP contribution in [0.15, 0.2) is 12.2 Å². The van der Waals surface area contributed by atoms with Gasteiger partial charge in [0, 0.05) is 12.3 Å². The van der Waals surface area contributed by atoms with Gasteiger partial charge < -0.3 is 0 Å². The van der Waals surface area contributed by atoms with Crippen molar-refractivity contribution in [2.24, 2.45) is 23.7 Å². The van der Waals surface area contributed by atoms with E-state index in [0.717, 1.165) is 30.1 Å². The molecule has 19 heavy (non-hydrogen) atoms. The zero-order valence-electron chi connectivity index (χ0n) is 12.8. The second kappa shape index (κ2) is 7.78. The first-order valence-corrected chi connectivity index (χ1v) is 8.44. The molecular weight excluding hydrogens is 228 g/mol. The maximum Gasteiger partial charge on any atom is 0.0203 e. The van der Waals surface area contributed by atoms with Gasteiger partial charge in [-0.3, -0.25) is 0 Å². The molecule has 2 saturated carbocycles. The van der Waals surface area contributed by atoms with Gasteiger partial charge in [0.05, 0.1) is 0 Å². The van der Waals surface area contributed by atoms with Gasteiger partial charge in [0.1, 0.15) is 0 Å². The average molecular weight is 258 g/mol. The van der Waals surface area contributed by atoms with Crippen molar-refractivity contribution in [2.75, 3.05) is 0 Å². The van der Waals surface area contributed by atoms with Crippen molar-refractivity contribution in [1.82, 2.24) is 0 Å². The molecule has 0 heterocycles.